The summed E-state index contributed by atoms with van der Waals surface area (Å²) in [5, 5.41) is 2.20. The van der Waals surface area contributed by atoms with Gasteiger partial charge >= 0.3 is 67.1 Å². The number of hydrogen-bond donors (Lipinski definition) is 0. The van der Waals surface area contributed by atoms with Crippen molar-refractivity contribution >= 4 is 19.6 Å². The Bertz CT molecular complexity index is 363. The third-order valence-corrected chi connectivity index (χ3v) is 1.46. The first-order valence-electron chi connectivity index (χ1n) is 3.61. The minimum absolute atomic E-state index is 1.05. The Morgan fingerprint density at radius 2 is 2.36 bits per heavy atom. The first-order chi connectivity index (χ1) is 5.20. The van der Waals surface area contributed by atoms with E-state index in [-0.39, 0.29) is 0 Å². The first-order valence-corrected chi connectivity index (χ1v) is 3.61. The molecule has 0 aliphatic carbocycles. The zero-order valence-corrected chi connectivity index (χ0v) is 6.80. The van der Waals surface area contributed by atoms with Crippen LogP contribution in [0.1, 0.15) is 6.92 Å². The molecule has 1 heteroatoms. The summed E-state index contributed by atoms with van der Waals surface area (Å²) in [6.45, 7) is 11.7. The van der Waals surface area contributed by atoms with Crippen molar-refractivity contribution in [1.29, 1.82) is 0 Å². The second-order valence-corrected chi connectivity index (χ2v) is 2.69. The Labute approximate surface area is 67.8 Å². The molecule has 11 heavy (non-hydrogen) atoms. The molecule has 54 valence electrons. The zero-order chi connectivity index (χ0) is 8.27. The van der Waals surface area contributed by atoms with Crippen LogP contribution in [0.2, 0.25) is 0 Å². The van der Waals surface area contributed by atoms with Crippen LogP contribution in [-0.4, -0.2) is 6.91 Å². The summed E-state index contributed by atoms with van der Waals surface area (Å²) in [7, 11) is 0. The zero-order valence-electron chi connectivity index (χ0n) is 6.80. The van der Waals surface area contributed by atoms with Gasteiger partial charge in [0.1, 0.15) is 0 Å². The Balaban J connectivity index is 3.36. The molecule has 0 aromatic carbocycles. The summed E-state index contributed by atoms with van der Waals surface area (Å²) in [4.78, 5) is 0. The Morgan fingerprint density at radius 1 is 1.64 bits per heavy atom. The second kappa shape index (κ2) is 3.33. The van der Waals surface area contributed by atoms with E-state index in [1.54, 1.807) is 0 Å². The third kappa shape index (κ3) is 2.19. The van der Waals surface area contributed by atoms with Crippen LogP contribution in [0.5, 0.6) is 0 Å². The minimum atomic E-state index is 1.05. The maximum atomic E-state index is 3.90. The quantitative estimate of drug-likeness (QED) is 0.543. The number of allylic oxidation sites excluding steroid dienone is 1. The number of rotatable bonds is 1. The topological polar surface area (TPSA) is 0 Å². The molecule has 0 saturated heterocycles. The van der Waals surface area contributed by atoms with Gasteiger partial charge in [-0.3, -0.25) is 0 Å². The molecule has 0 amide bonds. The summed E-state index contributed by atoms with van der Waals surface area (Å²) in [5.74, 6) is 2.00. The van der Waals surface area contributed by atoms with Crippen molar-refractivity contribution in [2.45, 2.75) is 6.92 Å². The maximum absolute atomic E-state index is 3.90. The van der Waals surface area contributed by atoms with Crippen molar-refractivity contribution in [3.05, 3.63) is 40.6 Å². The number of hydrogen-bond acceptors (Lipinski definition) is 0. The van der Waals surface area contributed by atoms with E-state index in [1.165, 1.54) is 0 Å². The summed E-state index contributed by atoms with van der Waals surface area (Å²) < 4.78 is 0. The van der Waals surface area contributed by atoms with Crippen LogP contribution in [0.4, 0.5) is 0 Å². The summed E-state index contributed by atoms with van der Waals surface area (Å²) in [5.41, 5.74) is 1.06. The van der Waals surface area contributed by atoms with E-state index in [1.807, 2.05) is 38.0 Å². The average molecular weight is 142 g/mol. The van der Waals surface area contributed by atoms with Gasteiger partial charge < -0.3 is 0 Å². The molecular weight excluding hydrogens is 131 g/mol. The van der Waals surface area contributed by atoms with Crippen LogP contribution in [0.15, 0.2) is 30.2 Å². The van der Waals surface area contributed by atoms with E-state index in [0.717, 1.165) is 15.9 Å². The Morgan fingerprint density at radius 3 is 2.91 bits per heavy atom. The molecule has 0 N–H and O–H groups in total. The molecule has 0 bridgehead atoms. The molecule has 1 rings (SSSR count). The molecule has 0 nitrogen and oxygen atoms in total. The van der Waals surface area contributed by atoms with Gasteiger partial charge in [0.25, 0.3) is 0 Å². The Hall–Kier alpha value is -1.11. The van der Waals surface area contributed by atoms with Crippen LogP contribution in [0, 0.1) is 0 Å². The van der Waals surface area contributed by atoms with Gasteiger partial charge in [0.15, 0.2) is 0 Å². The molecule has 1 aromatic rings. The van der Waals surface area contributed by atoms with Gasteiger partial charge in [-0.1, -0.05) is 0 Å². The van der Waals surface area contributed by atoms with E-state index < -0.39 is 0 Å². The molecule has 0 unspecified atom stereocenters. The van der Waals surface area contributed by atoms with Crippen molar-refractivity contribution in [2.75, 3.05) is 0 Å². The van der Waals surface area contributed by atoms with E-state index in [4.69, 9.17) is 0 Å². The van der Waals surface area contributed by atoms with E-state index in [0.29, 0.717) is 0 Å². The molecule has 1 aromatic heterocycles. The Kier molecular flexibility index (Phi) is 2.42. The molecule has 1 heterocycles. The first kappa shape index (κ1) is 8.00. The molecule has 0 aliphatic rings. The van der Waals surface area contributed by atoms with Crippen molar-refractivity contribution < 1.29 is 0 Å². The molecule has 0 radical (unpaired) electrons. The van der Waals surface area contributed by atoms with Gasteiger partial charge in [0.05, 0.1) is 0 Å². The predicted octanol–water partition coefficient (Wildman–Crippen LogP) is 0.792. The molecular formula is C10H11B. The van der Waals surface area contributed by atoms with E-state index in [2.05, 4.69) is 13.2 Å². The average Bonchev–Trinajstić information content (AvgIpc) is 1.93. The summed E-state index contributed by atoms with van der Waals surface area (Å²) in [6.07, 6.45) is 2.03. The SMILES string of the molecule is C=C(C)/C=c1/bcccc1=C. The van der Waals surface area contributed by atoms with Gasteiger partial charge in [0.2, 0.25) is 0 Å². The normalized spacial score (nSPS) is 11.2. The van der Waals surface area contributed by atoms with Crippen LogP contribution in [0.3, 0.4) is 0 Å². The summed E-state index contributed by atoms with van der Waals surface area (Å²) >= 11 is 0. The summed E-state index contributed by atoms with van der Waals surface area (Å²) in [6, 6.07) is 3.98. The van der Waals surface area contributed by atoms with Gasteiger partial charge in [-0.15, -0.1) is 0 Å². The van der Waals surface area contributed by atoms with Crippen LogP contribution >= 0.6 is 0 Å². The third-order valence-electron chi connectivity index (χ3n) is 1.46. The van der Waals surface area contributed by atoms with Crippen LogP contribution < -0.4 is 10.3 Å². The van der Waals surface area contributed by atoms with Crippen molar-refractivity contribution in [2.24, 2.45) is 0 Å². The fraction of sp³-hybridized carbons (Fsp3) is 0.100. The van der Waals surface area contributed by atoms with E-state index >= 15 is 0 Å². The van der Waals surface area contributed by atoms with Crippen molar-refractivity contribution in [3.63, 3.8) is 0 Å². The van der Waals surface area contributed by atoms with Gasteiger partial charge in [-0.05, 0) is 0 Å². The van der Waals surface area contributed by atoms with Crippen LogP contribution in [-0.2, 0) is 0 Å². The fourth-order valence-electron chi connectivity index (χ4n) is 0.940. The van der Waals surface area contributed by atoms with E-state index in [9.17, 15) is 0 Å². The molecule has 0 aliphatic heterocycles. The monoisotopic (exact) mass is 142 g/mol. The standard InChI is InChI=1S/C10H11B/c1-8(2)7-10-9(3)5-4-6-11-10/h4-7H,1,3H2,2H3/b10-7+. The fourth-order valence-corrected chi connectivity index (χ4v) is 0.940. The van der Waals surface area contributed by atoms with Crippen molar-refractivity contribution in [1.82, 2.24) is 0 Å². The molecule has 0 spiro atoms. The van der Waals surface area contributed by atoms with Crippen molar-refractivity contribution in [3.8, 4) is 0 Å². The molecule has 0 atom stereocenters. The van der Waals surface area contributed by atoms with Gasteiger partial charge in [-0.2, -0.15) is 0 Å². The van der Waals surface area contributed by atoms with Gasteiger partial charge in [-0.25, -0.2) is 0 Å². The molecule has 0 fully saturated rings. The second-order valence-electron chi connectivity index (χ2n) is 2.69. The predicted molar refractivity (Wildman–Crippen MR) is 51.8 cm³/mol. The van der Waals surface area contributed by atoms with Gasteiger partial charge in [0, 0.05) is 0 Å². The van der Waals surface area contributed by atoms with Crippen LogP contribution in [0.25, 0.3) is 12.7 Å². The molecule has 0 saturated carbocycles.